The first kappa shape index (κ1) is 30.6. The second-order valence-electron chi connectivity index (χ2n) is 11.0. The molecule has 2 N–H and O–H groups in total. The number of esters is 1. The number of hydrogen-bond acceptors (Lipinski definition) is 8. The first-order valence-electron chi connectivity index (χ1n) is 13.3. The van der Waals surface area contributed by atoms with E-state index in [0.29, 0.717) is 5.56 Å². The minimum absolute atomic E-state index is 0.00927. The van der Waals surface area contributed by atoms with Crippen LogP contribution < -0.4 is 14.8 Å². The fourth-order valence-corrected chi connectivity index (χ4v) is 5.30. The number of amides is 2. The van der Waals surface area contributed by atoms with Crippen molar-refractivity contribution < 1.29 is 37.0 Å². The second kappa shape index (κ2) is 12.2. The number of sulfonamides is 1. The molecule has 3 aromatic rings. The Morgan fingerprint density at radius 2 is 1.52 bits per heavy atom. The van der Waals surface area contributed by atoms with Crippen LogP contribution in [0.25, 0.3) is 11.1 Å². The van der Waals surface area contributed by atoms with Crippen molar-refractivity contribution in [2.45, 2.75) is 44.8 Å². The molecule has 0 saturated heterocycles. The zero-order chi connectivity index (χ0) is 30.7. The second-order valence-corrected chi connectivity index (χ2v) is 12.7. The van der Waals surface area contributed by atoms with Crippen LogP contribution in [-0.4, -0.2) is 58.0 Å². The predicted molar refractivity (Wildman–Crippen MR) is 157 cm³/mol. The predicted octanol–water partition coefficient (Wildman–Crippen LogP) is 4.18. The number of nitrogens with one attached hydrogen (secondary N) is 2. The number of alkyl carbamates (subject to hydrolysis) is 1. The highest BCUT2D eigenvalue weighted by Crippen LogP contribution is 2.44. The minimum atomic E-state index is -3.79. The van der Waals surface area contributed by atoms with Crippen LogP contribution in [0.5, 0.6) is 5.75 Å². The highest BCUT2D eigenvalue weighted by molar-refractivity contribution is 7.89. The SMILES string of the molecule is COc1cc(C[C@H](NC(=O)OCC2c3ccccc3-c3ccccc32)C(=O)OC(C)(C)C)ccc1C(=O)NS(C)(=O)=O. The van der Waals surface area contributed by atoms with Gasteiger partial charge in [0.1, 0.15) is 24.0 Å². The Morgan fingerprint density at radius 3 is 2.07 bits per heavy atom. The Morgan fingerprint density at radius 1 is 0.929 bits per heavy atom. The van der Waals surface area contributed by atoms with Crippen LogP contribution >= 0.6 is 0 Å². The lowest BCUT2D eigenvalue weighted by Crippen LogP contribution is -2.46. The lowest BCUT2D eigenvalue weighted by atomic mass is 9.98. The molecule has 1 aliphatic rings. The third-order valence-electron chi connectivity index (χ3n) is 6.56. The van der Waals surface area contributed by atoms with Gasteiger partial charge < -0.3 is 19.5 Å². The van der Waals surface area contributed by atoms with E-state index in [1.54, 1.807) is 20.8 Å². The Bertz CT molecular complexity index is 1570. The molecule has 10 nitrogen and oxygen atoms in total. The van der Waals surface area contributed by atoms with Gasteiger partial charge in [-0.2, -0.15) is 0 Å². The Kier molecular flexibility index (Phi) is 8.91. The van der Waals surface area contributed by atoms with Gasteiger partial charge in [0.05, 0.1) is 18.9 Å². The molecule has 0 spiro atoms. The highest BCUT2D eigenvalue weighted by atomic mass is 32.2. The summed E-state index contributed by atoms with van der Waals surface area (Å²) < 4.78 is 41.4. The van der Waals surface area contributed by atoms with E-state index < -0.39 is 39.6 Å². The maximum absolute atomic E-state index is 13.1. The smallest absolute Gasteiger partial charge is 0.407 e. The number of ether oxygens (including phenoxy) is 3. The molecule has 0 bridgehead atoms. The first-order chi connectivity index (χ1) is 19.8. The molecule has 42 heavy (non-hydrogen) atoms. The number of hydrogen-bond donors (Lipinski definition) is 2. The van der Waals surface area contributed by atoms with Crippen LogP contribution in [0.3, 0.4) is 0 Å². The van der Waals surface area contributed by atoms with Gasteiger partial charge in [-0.1, -0.05) is 54.6 Å². The molecule has 0 fully saturated rings. The van der Waals surface area contributed by atoms with Crippen LogP contribution in [0.2, 0.25) is 0 Å². The fourth-order valence-electron chi connectivity index (χ4n) is 4.86. The molecule has 3 aromatic carbocycles. The molecule has 1 aliphatic carbocycles. The maximum atomic E-state index is 13.1. The minimum Gasteiger partial charge on any atom is -0.496 e. The third kappa shape index (κ3) is 7.47. The van der Waals surface area contributed by atoms with Gasteiger partial charge in [-0.05, 0) is 60.7 Å². The standard InChI is InChI=1S/C31H34N2O8S/c1-31(2,3)41-29(35)26(16-19-14-15-24(27(17-19)39-4)28(34)33-42(5,37)38)32-30(36)40-18-25-22-12-8-6-10-20(22)21-11-7-9-13-23(21)25/h6-15,17,25-26H,16,18H2,1-5H3,(H,32,36)(H,33,34)/t26-/m0/s1. The van der Waals surface area contributed by atoms with Gasteiger partial charge in [-0.25, -0.2) is 22.7 Å². The first-order valence-corrected chi connectivity index (χ1v) is 15.2. The average molecular weight is 595 g/mol. The Labute approximate surface area is 245 Å². The monoisotopic (exact) mass is 594 g/mol. The lowest BCUT2D eigenvalue weighted by molar-refractivity contribution is -0.157. The number of methoxy groups -OCH3 is 1. The fraction of sp³-hybridized carbons (Fsp3) is 0.323. The Hall–Kier alpha value is -4.38. The van der Waals surface area contributed by atoms with Gasteiger partial charge in [0.2, 0.25) is 10.0 Å². The zero-order valence-corrected chi connectivity index (χ0v) is 24.9. The van der Waals surface area contributed by atoms with Crippen LogP contribution in [0.1, 0.15) is 53.7 Å². The maximum Gasteiger partial charge on any atom is 0.407 e. The largest absolute Gasteiger partial charge is 0.496 e. The van der Waals surface area contributed by atoms with Gasteiger partial charge >= 0.3 is 12.1 Å². The van der Waals surface area contributed by atoms with Crippen molar-refractivity contribution in [3.8, 4) is 16.9 Å². The topological polar surface area (TPSA) is 137 Å². The number of benzene rings is 3. The lowest BCUT2D eigenvalue weighted by Gasteiger charge is -2.25. The van der Waals surface area contributed by atoms with E-state index in [1.807, 2.05) is 53.3 Å². The number of rotatable bonds is 9. The summed E-state index contributed by atoms with van der Waals surface area (Å²) in [4.78, 5) is 38.5. The van der Waals surface area contributed by atoms with Gasteiger partial charge in [0.15, 0.2) is 0 Å². The van der Waals surface area contributed by atoms with Crippen molar-refractivity contribution in [2.24, 2.45) is 0 Å². The summed E-state index contributed by atoms with van der Waals surface area (Å²) in [5.74, 6) is -1.59. The van der Waals surface area contributed by atoms with Gasteiger partial charge in [0, 0.05) is 12.3 Å². The van der Waals surface area contributed by atoms with Crippen LogP contribution in [0, 0.1) is 0 Å². The summed E-state index contributed by atoms with van der Waals surface area (Å²) in [5, 5.41) is 2.63. The molecular formula is C31H34N2O8S. The van der Waals surface area contributed by atoms with E-state index in [1.165, 1.54) is 25.3 Å². The van der Waals surface area contributed by atoms with Crippen molar-refractivity contribution >= 4 is 28.0 Å². The summed E-state index contributed by atoms with van der Waals surface area (Å²) in [7, 11) is -2.46. The summed E-state index contributed by atoms with van der Waals surface area (Å²) in [6.45, 7) is 5.22. The molecule has 0 saturated carbocycles. The van der Waals surface area contributed by atoms with E-state index in [9.17, 15) is 22.8 Å². The summed E-state index contributed by atoms with van der Waals surface area (Å²) in [6, 6.07) is 19.2. The molecule has 222 valence electrons. The zero-order valence-electron chi connectivity index (χ0n) is 24.1. The van der Waals surface area contributed by atoms with Crippen molar-refractivity contribution in [3.63, 3.8) is 0 Å². The van der Waals surface area contributed by atoms with Crippen molar-refractivity contribution in [1.29, 1.82) is 0 Å². The molecule has 0 radical (unpaired) electrons. The van der Waals surface area contributed by atoms with Gasteiger partial charge in [0.25, 0.3) is 5.91 Å². The van der Waals surface area contributed by atoms with Crippen LogP contribution in [-0.2, 0) is 30.7 Å². The molecule has 0 unspecified atom stereocenters. The molecular weight excluding hydrogens is 560 g/mol. The van der Waals surface area contributed by atoms with E-state index in [2.05, 4.69) is 5.32 Å². The normalized spacial score (nSPS) is 13.4. The van der Waals surface area contributed by atoms with E-state index in [-0.39, 0.29) is 30.3 Å². The van der Waals surface area contributed by atoms with Crippen molar-refractivity contribution in [3.05, 3.63) is 89.0 Å². The molecule has 0 heterocycles. The van der Waals surface area contributed by atoms with Gasteiger partial charge in [-0.15, -0.1) is 0 Å². The summed E-state index contributed by atoms with van der Waals surface area (Å²) in [6.07, 6.45) is 0.0686. The van der Waals surface area contributed by atoms with Crippen molar-refractivity contribution in [1.82, 2.24) is 10.0 Å². The molecule has 0 aliphatic heterocycles. The third-order valence-corrected chi connectivity index (χ3v) is 7.11. The summed E-state index contributed by atoms with van der Waals surface area (Å²) >= 11 is 0. The number of carbonyl (C=O) groups is 3. The molecule has 4 rings (SSSR count). The highest BCUT2D eigenvalue weighted by Gasteiger charge is 2.31. The quantitative estimate of drug-likeness (QED) is 0.352. The Balaban J connectivity index is 1.51. The van der Waals surface area contributed by atoms with E-state index >= 15 is 0 Å². The summed E-state index contributed by atoms with van der Waals surface area (Å²) in [5.41, 5.74) is 4.00. The van der Waals surface area contributed by atoms with E-state index in [0.717, 1.165) is 28.5 Å². The van der Waals surface area contributed by atoms with Crippen molar-refractivity contribution in [2.75, 3.05) is 20.0 Å². The molecule has 11 heteroatoms. The molecule has 0 aromatic heterocycles. The van der Waals surface area contributed by atoms with Gasteiger partial charge in [-0.3, -0.25) is 4.79 Å². The molecule has 2 amide bonds. The number of carbonyl (C=O) groups excluding carboxylic acids is 3. The number of fused-ring (bicyclic) bond motifs is 3. The van der Waals surface area contributed by atoms with E-state index in [4.69, 9.17) is 14.2 Å². The van der Waals surface area contributed by atoms with Crippen LogP contribution in [0.4, 0.5) is 4.79 Å². The van der Waals surface area contributed by atoms with Crippen LogP contribution in [0.15, 0.2) is 66.7 Å². The average Bonchev–Trinajstić information content (AvgIpc) is 3.23. The molecule has 1 atom stereocenters.